The molecule has 0 amide bonds. The molecule has 1 N–H and O–H groups in total. The first kappa shape index (κ1) is 13.1. The average molecular weight is 260 g/mol. The van der Waals surface area contributed by atoms with Crippen LogP contribution in [0.2, 0.25) is 0 Å². The summed E-state index contributed by atoms with van der Waals surface area (Å²) in [5, 5.41) is 3.28. The Kier molecular flexibility index (Phi) is 2.96. The zero-order chi connectivity index (χ0) is 13.7. The van der Waals surface area contributed by atoms with Crippen molar-refractivity contribution >= 4 is 12.6 Å². The fourth-order valence-electron chi connectivity index (χ4n) is 2.33. The Morgan fingerprint density at radius 2 is 1.79 bits per heavy atom. The van der Waals surface area contributed by atoms with Gasteiger partial charge in [-0.1, -0.05) is 6.07 Å². The van der Waals surface area contributed by atoms with Crippen LogP contribution in [-0.4, -0.2) is 36.4 Å². The molecule has 0 aliphatic carbocycles. The predicted molar refractivity (Wildman–Crippen MR) is 75.6 cm³/mol. The van der Waals surface area contributed by atoms with Crippen LogP contribution in [0.1, 0.15) is 39.2 Å². The molecule has 4 nitrogen and oxygen atoms in total. The monoisotopic (exact) mass is 260 g/mol. The molecule has 1 aromatic heterocycles. The molecule has 102 valence electrons. The summed E-state index contributed by atoms with van der Waals surface area (Å²) in [4.78, 5) is 4.34. The maximum Gasteiger partial charge on any atom is 0.496 e. The summed E-state index contributed by atoms with van der Waals surface area (Å²) in [5.74, 6) is 0.579. The third-order valence-electron chi connectivity index (χ3n) is 4.56. The molecule has 0 unspecified atom stereocenters. The zero-order valence-corrected chi connectivity index (χ0v) is 12.1. The molecule has 2 aliphatic heterocycles. The largest absolute Gasteiger partial charge is 0.496 e. The Morgan fingerprint density at radius 3 is 2.32 bits per heavy atom. The average Bonchev–Trinajstić information content (AvgIpc) is 2.46. The van der Waals surface area contributed by atoms with Gasteiger partial charge in [0.2, 0.25) is 0 Å². The lowest BCUT2D eigenvalue weighted by molar-refractivity contribution is 0.00578. The van der Waals surface area contributed by atoms with E-state index in [2.05, 4.69) is 44.1 Å². The molecule has 0 spiro atoms. The predicted octanol–water partition coefficient (Wildman–Crippen LogP) is 1.07. The molecule has 0 radical (unpaired) electrons. The quantitative estimate of drug-likeness (QED) is 0.808. The summed E-state index contributed by atoms with van der Waals surface area (Å²) >= 11 is 0. The Hall–Kier alpha value is -0.905. The minimum atomic E-state index is -0.314. The highest BCUT2D eigenvalue weighted by atomic mass is 16.7. The molecular formula is C14H21BN2O2. The second kappa shape index (κ2) is 4.30. The van der Waals surface area contributed by atoms with Gasteiger partial charge in [-0.25, -0.2) is 0 Å². The topological polar surface area (TPSA) is 43.4 Å². The lowest BCUT2D eigenvalue weighted by atomic mass is 9.78. The first-order chi connectivity index (χ1) is 8.89. The van der Waals surface area contributed by atoms with Crippen molar-refractivity contribution in [2.45, 2.75) is 44.8 Å². The van der Waals surface area contributed by atoms with Crippen LogP contribution >= 0.6 is 0 Å². The van der Waals surface area contributed by atoms with E-state index in [-0.39, 0.29) is 18.3 Å². The summed E-state index contributed by atoms with van der Waals surface area (Å²) in [6.45, 7) is 10.4. The second-order valence-electron chi connectivity index (χ2n) is 6.50. The van der Waals surface area contributed by atoms with Crippen molar-refractivity contribution in [3.8, 4) is 0 Å². The van der Waals surface area contributed by atoms with Crippen LogP contribution in [0.3, 0.4) is 0 Å². The van der Waals surface area contributed by atoms with Crippen molar-refractivity contribution in [3.63, 3.8) is 0 Å². The number of hydrogen-bond acceptors (Lipinski definition) is 4. The van der Waals surface area contributed by atoms with Gasteiger partial charge in [0, 0.05) is 36.9 Å². The number of nitrogens with one attached hydrogen (secondary N) is 1. The molecule has 3 heterocycles. The fourth-order valence-corrected chi connectivity index (χ4v) is 2.33. The Morgan fingerprint density at radius 1 is 1.16 bits per heavy atom. The number of hydrogen-bond donors (Lipinski definition) is 1. The van der Waals surface area contributed by atoms with E-state index in [1.165, 1.54) is 5.56 Å². The third kappa shape index (κ3) is 2.20. The highest BCUT2D eigenvalue weighted by Gasteiger charge is 2.51. The van der Waals surface area contributed by atoms with Crippen LogP contribution in [0.15, 0.2) is 18.5 Å². The Balaban J connectivity index is 1.83. The van der Waals surface area contributed by atoms with Gasteiger partial charge in [-0.2, -0.15) is 0 Å². The van der Waals surface area contributed by atoms with E-state index in [1.807, 2.05) is 12.4 Å². The van der Waals surface area contributed by atoms with Crippen LogP contribution in [-0.2, 0) is 9.31 Å². The van der Waals surface area contributed by atoms with Crippen LogP contribution < -0.4 is 10.8 Å². The van der Waals surface area contributed by atoms with Gasteiger partial charge in [-0.15, -0.1) is 0 Å². The van der Waals surface area contributed by atoms with Gasteiger partial charge in [0.1, 0.15) is 0 Å². The van der Waals surface area contributed by atoms with E-state index >= 15 is 0 Å². The molecule has 2 saturated heterocycles. The third-order valence-corrected chi connectivity index (χ3v) is 4.56. The van der Waals surface area contributed by atoms with Gasteiger partial charge >= 0.3 is 7.12 Å². The molecule has 0 bridgehead atoms. The van der Waals surface area contributed by atoms with Crippen molar-refractivity contribution in [2.75, 3.05) is 13.1 Å². The summed E-state index contributed by atoms with van der Waals surface area (Å²) in [7, 11) is -0.314. The molecule has 2 fully saturated rings. The van der Waals surface area contributed by atoms with Crippen molar-refractivity contribution in [1.82, 2.24) is 10.3 Å². The van der Waals surface area contributed by atoms with Gasteiger partial charge in [0.25, 0.3) is 0 Å². The molecule has 2 aliphatic rings. The number of aromatic nitrogens is 1. The molecule has 5 heteroatoms. The maximum atomic E-state index is 6.06. The van der Waals surface area contributed by atoms with Crippen molar-refractivity contribution in [1.29, 1.82) is 0 Å². The summed E-state index contributed by atoms with van der Waals surface area (Å²) < 4.78 is 12.1. The maximum absolute atomic E-state index is 6.06. The summed E-state index contributed by atoms with van der Waals surface area (Å²) in [6, 6.07) is 2.17. The van der Waals surface area contributed by atoms with Crippen molar-refractivity contribution < 1.29 is 9.31 Å². The van der Waals surface area contributed by atoms with Crippen LogP contribution in [0.5, 0.6) is 0 Å². The molecule has 0 aromatic carbocycles. The first-order valence-electron chi connectivity index (χ1n) is 6.90. The van der Waals surface area contributed by atoms with E-state index in [1.54, 1.807) is 0 Å². The normalized spacial score (nSPS) is 25.4. The molecule has 3 rings (SSSR count). The first-order valence-corrected chi connectivity index (χ1v) is 6.90. The van der Waals surface area contributed by atoms with Gasteiger partial charge in [-0.05, 0) is 33.3 Å². The lowest BCUT2D eigenvalue weighted by Crippen LogP contribution is -2.41. The zero-order valence-electron chi connectivity index (χ0n) is 12.1. The molecule has 19 heavy (non-hydrogen) atoms. The van der Waals surface area contributed by atoms with E-state index < -0.39 is 0 Å². The summed E-state index contributed by atoms with van der Waals surface area (Å²) in [5.41, 5.74) is 1.69. The molecular weight excluding hydrogens is 239 g/mol. The molecule has 0 saturated carbocycles. The Bertz CT molecular complexity index is 470. The van der Waals surface area contributed by atoms with Gasteiger partial charge in [-0.3, -0.25) is 4.98 Å². The second-order valence-corrected chi connectivity index (χ2v) is 6.50. The fraction of sp³-hybridized carbons (Fsp3) is 0.643. The van der Waals surface area contributed by atoms with Gasteiger partial charge in [0.15, 0.2) is 0 Å². The van der Waals surface area contributed by atoms with Crippen LogP contribution in [0.25, 0.3) is 0 Å². The smallest absolute Gasteiger partial charge is 0.399 e. The van der Waals surface area contributed by atoms with Crippen LogP contribution in [0.4, 0.5) is 0 Å². The Labute approximate surface area is 115 Å². The lowest BCUT2D eigenvalue weighted by Gasteiger charge is -2.32. The van der Waals surface area contributed by atoms with E-state index in [0.29, 0.717) is 5.92 Å². The minimum Gasteiger partial charge on any atom is -0.399 e. The number of pyridine rings is 1. The van der Waals surface area contributed by atoms with Crippen molar-refractivity contribution in [2.24, 2.45) is 0 Å². The van der Waals surface area contributed by atoms with E-state index in [0.717, 1.165) is 18.6 Å². The minimum absolute atomic E-state index is 0.300. The highest BCUT2D eigenvalue weighted by Crippen LogP contribution is 2.36. The van der Waals surface area contributed by atoms with Gasteiger partial charge in [0.05, 0.1) is 11.2 Å². The number of rotatable bonds is 2. The molecule has 1 aromatic rings. The van der Waals surface area contributed by atoms with Crippen LogP contribution in [0, 0.1) is 0 Å². The number of nitrogens with zero attached hydrogens (tertiary/aromatic N) is 1. The van der Waals surface area contributed by atoms with Crippen molar-refractivity contribution in [3.05, 3.63) is 24.0 Å². The van der Waals surface area contributed by atoms with Gasteiger partial charge < -0.3 is 14.6 Å². The van der Waals surface area contributed by atoms with E-state index in [4.69, 9.17) is 9.31 Å². The molecule has 0 atom stereocenters. The highest BCUT2D eigenvalue weighted by molar-refractivity contribution is 6.62. The van der Waals surface area contributed by atoms with E-state index in [9.17, 15) is 0 Å². The standard InChI is InChI=1S/C14H21BN2O2/c1-13(2)14(3,4)19-15(18-13)12-5-10(6-17-9-12)11-7-16-8-11/h5-6,9,11,16H,7-8H2,1-4H3. The SMILES string of the molecule is CC1(C)OB(c2cncc(C3CNC3)c2)OC1(C)C. The summed E-state index contributed by atoms with van der Waals surface area (Å²) in [6.07, 6.45) is 3.79.